The van der Waals surface area contributed by atoms with Crippen molar-refractivity contribution in [2.45, 2.75) is 13.5 Å². The Kier molecular flexibility index (Phi) is 4.43. The van der Waals surface area contributed by atoms with E-state index in [0.29, 0.717) is 22.6 Å². The van der Waals surface area contributed by atoms with E-state index in [1.165, 1.54) is 33.3 Å². The van der Waals surface area contributed by atoms with Gasteiger partial charge in [0.15, 0.2) is 11.5 Å². The Labute approximate surface area is 122 Å². The van der Waals surface area contributed by atoms with Crippen LogP contribution in [0.5, 0.6) is 11.5 Å². The van der Waals surface area contributed by atoms with Gasteiger partial charge >= 0.3 is 0 Å². The zero-order valence-electron chi connectivity index (χ0n) is 12.2. The van der Waals surface area contributed by atoms with Crippen LogP contribution in [0.4, 0.5) is 8.78 Å². The van der Waals surface area contributed by atoms with Crippen LogP contribution >= 0.6 is 0 Å². The normalized spacial score (nSPS) is 10.6. The van der Waals surface area contributed by atoms with Crippen molar-refractivity contribution in [3.05, 3.63) is 47.0 Å². The molecule has 0 atom stereocenters. The summed E-state index contributed by atoms with van der Waals surface area (Å²) in [6, 6.07) is 5.62. The van der Waals surface area contributed by atoms with E-state index in [9.17, 15) is 8.78 Å². The predicted octanol–water partition coefficient (Wildman–Crippen LogP) is 3.42. The molecule has 112 valence electrons. The molecule has 3 nitrogen and oxygen atoms in total. The second-order valence-electron chi connectivity index (χ2n) is 4.65. The third kappa shape index (κ3) is 2.83. The number of ether oxygens (including phenoxy) is 2. The van der Waals surface area contributed by atoms with E-state index in [4.69, 9.17) is 15.2 Å². The molecule has 0 fully saturated rings. The molecule has 0 aliphatic carbocycles. The summed E-state index contributed by atoms with van der Waals surface area (Å²) >= 11 is 0. The monoisotopic (exact) mass is 293 g/mol. The summed E-state index contributed by atoms with van der Waals surface area (Å²) in [6.45, 7) is 1.69. The van der Waals surface area contributed by atoms with Crippen LogP contribution in [-0.2, 0) is 6.54 Å². The number of aryl methyl sites for hydroxylation is 1. The number of rotatable bonds is 4. The predicted molar refractivity (Wildman–Crippen MR) is 77.5 cm³/mol. The first kappa shape index (κ1) is 15.3. The quantitative estimate of drug-likeness (QED) is 0.939. The molecule has 0 bridgehead atoms. The minimum Gasteiger partial charge on any atom is -0.493 e. The van der Waals surface area contributed by atoms with Gasteiger partial charge in [0.05, 0.1) is 14.2 Å². The lowest BCUT2D eigenvalue weighted by atomic mass is 9.97. The van der Waals surface area contributed by atoms with Crippen molar-refractivity contribution in [3.8, 4) is 22.6 Å². The molecule has 0 spiro atoms. The number of hydrogen-bond donors (Lipinski definition) is 1. The molecule has 21 heavy (non-hydrogen) atoms. The van der Waals surface area contributed by atoms with Gasteiger partial charge in [-0.25, -0.2) is 8.78 Å². The average Bonchev–Trinajstić information content (AvgIpc) is 2.49. The van der Waals surface area contributed by atoms with E-state index in [1.807, 2.05) is 0 Å². The molecular formula is C16H17F2NO2. The first-order chi connectivity index (χ1) is 10.0. The van der Waals surface area contributed by atoms with Gasteiger partial charge in [-0.05, 0) is 47.9 Å². The fourth-order valence-electron chi connectivity index (χ4n) is 2.19. The molecule has 0 aliphatic rings. The Morgan fingerprint density at radius 3 is 2.10 bits per heavy atom. The van der Waals surface area contributed by atoms with E-state index in [0.717, 1.165) is 0 Å². The second kappa shape index (κ2) is 6.10. The number of benzene rings is 2. The molecule has 0 heterocycles. The molecule has 0 saturated heterocycles. The molecule has 0 radical (unpaired) electrons. The van der Waals surface area contributed by atoms with Crippen molar-refractivity contribution in [1.82, 2.24) is 0 Å². The third-order valence-electron chi connectivity index (χ3n) is 3.37. The molecular weight excluding hydrogens is 276 g/mol. The Hall–Kier alpha value is -2.14. The van der Waals surface area contributed by atoms with Crippen LogP contribution in [0.1, 0.15) is 11.1 Å². The number of methoxy groups -OCH3 is 2. The molecule has 0 amide bonds. The van der Waals surface area contributed by atoms with Gasteiger partial charge in [-0.15, -0.1) is 0 Å². The van der Waals surface area contributed by atoms with Crippen molar-refractivity contribution in [1.29, 1.82) is 0 Å². The summed E-state index contributed by atoms with van der Waals surface area (Å²) in [4.78, 5) is 0. The van der Waals surface area contributed by atoms with Gasteiger partial charge in [-0.1, -0.05) is 0 Å². The second-order valence-corrected chi connectivity index (χ2v) is 4.65. The van der Waals surface area contributed by atoms with Crippen molar-refractivity contribution >= 4 is 0 Å². The Balaban J connectivity index is 2.70. The van der Waals surface area contributed by atoms with Crippen LogP contribution in [0, 0.1) is 18.6 Å². The molecule has 2 N–H and O–H groups in total. The zero-order chi connectivity index (χ0) is 15.6. The SMILES string of the molecule is COc1cc(CN)c(-c2cc(F)c(C)cc2F)cc1OC. The maximum atomic E-state index is 14.2. The summed E-state index contributed by atoms with van der Waals surface area (Å²) in [5, 5.41) is 0. The molecule has 2 rings (SSSR count). The minimum atomic E-state index is -0.504. The van der Waals surface area contributed by atoms with Crippen LogP contribution in [0.15, 0.2) is 24.3 Å². The van der Waals surface area contributed by atoms with Crippen LogP contribution in [0.3, 0.4) is 0 Å². The van der Waals surface area contributed by atoms with Crippen LogP contribution in [0.2, 0.25) is 0 Å². The number of halogens is 2. The lowest BCUT2D eigenvalue weighted by Crippen LogP contribution is -2.03. The van der Waals surface area contributed by atoms with Gasteiger partial charge in [-0.3, -0.25) is 0 Å². The smallest absolute Gasteiger partial charge is 0.161 e. The van der Waals surface area contributed by atoms with Crippen LogP contribution < -0.4 is 15.2 Å². The molecule has 0 unspecified atom stereocenters. The molecule has 5 heteroatoms. The van der Waals surface area contributed by atoms with Gasteiger partial charge in [0, 0.05) is 12.1 Å². The van der Waals surface area contributed by atoms with Crippen LogP contribution in [-0.4, -0.2) is 14.2 Å². The molecule has 0 saturated carbocycles. The Bertz CT molecular complexity index is 672. The van der Waals surface area contributed by atoms with Crippen molar-refractivity contribution in [2.24, 2.45) is 5.73 Å². The maximum absolute atomic E-state index is 14.2. The van der Waals surface area contributed by atoms with E-state index < -0.39 is 11.6 Å². The number of nitrogens with two attached hydrogens (primary N) is 1. The topological polar surface area (TPSA) is 44.5 Å². The van der Waals surface area contributed by atoms with Crippen molar-refractivity contribution < 1.29 is 18.3 Å². The molecule has 0 aromatic heterocycles. The highest BCUT2D eigenvalue weighted by molar-refractivity contribution is 5.72. The summed E-state index contributed by atoms with van der Waals surface area (Å²) in [5.41, 5.74) is 7.26. The Morgan fingerprint density at radius 1 is 0.905 bits per heavy atom. The lowest BCUT2D eigenvalue weighted by Gasteiger charge is -2.15. The largest absolute Gasteiger partial charge is 0.493 e. The first-order valence-corrected chi connectivity index (χ1v) is 6.42. The van der Waals surface area contributed by atoms with E-state index in [2.05, 4.69) is 0 Å². The van der Waals surface area contributed by atoms with Gasteiger partial charge in [0.2, 0.25) is 0 Å². The van der Waals surface area contributed by atoms with Crippen LogP contribution in [0.25, 0.3) is 11.1 Å². The van der Waals surface area contributed by atoms with Crippen molar-refractivity contribution in [3.63, 3.8) is 0 Å². The standard InChI is InChI=1S/C16H17F2NO2/c1-9-4-14(18)12(6-13(9)17)11-7-16(21-3)15(20-2)5-10(11)8-19/h4-7H,8,19H2,1-3H3. The van der Waals surface area contributed by atoms with Crippen molar-refractivity contribution in [2.75, 3.05) is 14.2 Å². The van der Waals surface area contributed by atoms with E-state index in [-0.39, 0.29) is 17.7 Å². The Morgan fingerprint density at radius 2 is 1.52 bits per heavy atom. The fraction of sp³-hybridized carbons (Fsp3) is 0.250. The summed E-state index contributed by atoms with van der Waals surface area (Å²) < 4.78 is 38.3. The zero-order valence-corrected chi connectivity index (χ0v) is 12.2. The van der Waals surface area contributed by atoms with Gasteiger partial charge in [0.25, 0.3) is 0 Å². The van der Waals surface area contributed by atoms with E-state index in [1.54, 1.807) is 12.1 Å². The molecule has 2 aromatic carbocycles. The van der Waals surface area contributed by atoms with Gasteiger partial charge in [-0.2, -0.15) is 0 Å². The highest BCUT2D eigenvalue weighted by atomic mass is 19.1. The highest BCUT2D eigenvalue weighted by Gasteiger charge is 2.16. The fourth-order valence-corrected chi connectivity index (χ4v) is 2.19. The minimum absolute atomic E-state index is 0.152. The molecule has 0 aliphatic heterocycles. The maximum Gasteiger partial charge on any atom is 0.161 e. The van der Waals surface area contributed by atoms with Gasteiger partial charge in [0.1, 0.15) is 11.6 Å². The van der Waals surface area contributed by atoms with Gasteiger partial charge < -0.3 is 15.2 Å². The average molecular weight is 293 g/mol. The third-order valence-corrected chi connectivity index (χ3v) is 3.37. The lowest BCUT2D eigenvalue weighted by molar-refractivity contribution is 0.354. The first-order valence-electron chi connectivity index (χ1n) is 6.42. The highest BCUT2D eigenvalue weighted by Crippen LogP contribution is 2.37. The summed E-state index contributed by atoms with van der Waals surface area (Å²) in [7, 11) is 2.99. The summed E-state index contributed by atoms with van der Waals surface area (Å²) in [6.07, 6.45) is 0. The molecule has 2 aromatic rings. The summed E-state index contributed by atoms with van der Waals surface area (Å²) in [5.74, 6) is -0.0419. The number of hydrogen-bond acceptors (Lipinski definition) is 3. The van der Waals surface area contributed by atoms with E-state index >= 15 is 0 Å².